The molecule has 4 heterocycles. The third kappa shape index (κ3) is 4.12. The van der Waals surface area contributed by atoms with E-state index in [9.17, 15) is 4.79 Å². The number of amides is 1. The predicted molar refractivity (Wildman–Crippen MR) is 118 cm³/mol. The molecular formula is C23H28N6O2. The van der Waals surface area contributed by atoms with Crippen molar-refractivity contribution in [3.8, 4) is 11.4 Å². The zero-order valence-electron chi connectivity index (χ0n) is 17.8. The van der Waals surface area contributed by atoms with Gasteiger partial charge < -0.3 is 15.0 Å². The molecule has 8 nitrogen and oxygen atoms in total. The Balaban J connectivity index is 1.26. The van der Waals surface area contributed by atoms with E-state index in [1.807, 2.05) is 34.8 Å². The molecule has 1 amide bonds. The summed E-state index contributed by atoms with van der Waals surface area (Å²) in [5, 5.41) is 16.6. The maximum atomic E-state index is 12.6. The maximum Gasteiger partial charge on any atom is 0.223 e. The maximum absolute atomic E-state index is 12.6. The van der Waals surface area contributed by atoms with E-state index in [1.165, 1.54) is 0 Å². The van der Waals surface area contributed by atoms with Crippen molar-refractivity contribution < 1.29 is 9.53 Å². The molecule has 0 bridgehead atoms. The van der Waals surface area contributed by atoms with E-state index in [4.69, 9.17) is 9.84 Å². The zero-order chi connectivity index (χ0) is 21.2. The van der Waals surface area contributed by atoms with Gasteiger partial charge in [-0.1, -0.05) is 24.3 Å². The third-order valence-electron chi connectivity index (χ3n) is 6.35. The molecule has 1 N–H and O–H groups in total. The average Bonchev–Trinajstić information content (AvgIpc) is 3.47. The monoisotopic (exact) mass is 420 g/mol. The summed E-state index contributed by atoms with van der Waals surface area (Å²) in [6, 6.07) is 12.1. The van der Waals surface area contributed by atoms with E-state index < -0.39 is 0 Å². The molecule has 162 valence electrons. The second-order valence-corrected chi connectivity index (χ2v) is 8.44. The summed E-state index contributed by atoms with van der Waals surface area (Å²) in [6.07, 6.45) is 3.97. The number of rotatable bonds is 5. The number of nitrogens with one attached hydrogen (secondary N) is 1. The standard InChI is InChI=1S/C23H28N6O2/c1-16-5-2-3-7-19(16)22-26-25-20-8-9-21(27-29(20)22)28-12-10-17(11-13-28)23(30)24-15-18-6-4-14-31-18/h2-3,5,7-9,17-18H,4,6,10-15H2,1H3,(H,24,30)/t18-/m1/s1. The van der Waals surface area contributed by atoms with E-state index in [2.05, 4.69) is 33.4 Å². The van der Waals surface area contributed by atoms with Gasteiger partial charge in [-0.2, -0.15) is 4.52 Å². The Kier molecular flexibility index (Phi) is 5.55. The quantitative estimate of drug-likeness (QED) is 0.683. The molecule has 2 aliphatic rings. The van der Waals surface area contributed by atoms with E-state index in [0.29, 0.717) is 6.54 Å². The van der Waals surface area contributed by atoms with Crippen LogP contribution in [-0.2, 0) is 9.53 Å². The zero-order valence-corrected chi connectivity index (χ0v) is 17.8. The molecule has 0 unspecified atom stereocenters. The first-order valence-corrected chi connectivity index (χ1v) is 11.1. The Labute approximate surface area is 181 Å². The van der Waals surface area contributed by atoms with Crippen molar-refractivity contribution in [2.45, 2.75) is 38.7 Å². The number of hydrogen-bond donors (Lipinski definition) is 1. The van der Waals surface area contributed by atoms with E-state index in [-0.39, 0.29) is 17.9 Å². The van der Waals surface area contributed by atoms with Gasteiger partial charge >= 0.3 is 0 Å². The van der Waals surface area contributed by atoms with Gasteiger partial charge in [0.2, 0.25) is 5.91 Å². The van der Waals surface area contributed by atoms with Crippen molar-refractivity contribution in [2.75, 3.05) is 31.1 Å². The van der Waals surface area contributed by atoms with Crippen LogP contribution in [0.2, 0.25) is 0 Å². The van der Waals surface area contributed by atoms with Gasteiger partial charge in [-0.05, 0) is 50.3 Å². The molecule has 0 saturated carbocycles. The minimum Gasteiger partial charge on any atom is -0.376 e. The van der Waals surface area contributed by atoms with Gasteiger partial charge in [-0.3, -0.25) is 4.79 Å². The molecule has 0 spiro atoms. The normalized spacial score (nSPS) is 19.8. The number of carbonyl (C=O) groups excluding carboxylic acids is 1. The molecule has 8 heteroatoms. The number of benzene rings is 1. The first kappa shape index (κ1) is 19.9. The molecule has 2 fully saturated rings. The number of nitrogens with zero attached hydrogens (tertiary/aromatic N) is 5. The number of aryl methyl sites for hydroxylation is 1. The molecule has 3 aromatic rings. The van der Waals surface area contributed by atoms with Gasteiger partial charge in [0, 0.05) is 37.7 Å². The smallest absolute Gasteiger partial charge is 0.223 e. The summed E-state index contributed by atoms with van der Waals surface area (Å²) in [6.45, 7) is 5.12. The highest BCUT2D eigenvalue weighted by Gasteiger charge is 2.27. The van der Waals surface area contributed by atoms with Gasteiger partial charge in [0.25, 0.3) is 0 Å². The van der Waals surface area contributed by atoms with E-state index >= 15 is 0 Å². The third-order valence-corrected chi connectivity index (χ3v) is 6.35. The van der Waals surface area contributed by atoms with Crippen molar-refractivity contribution in [3.05, 3.63) is 42.0 Å². The van der Waals surface area contributed by atoms with Crippen LogP contribution in [0, 0.1) is 12.8 Å². The summed E-state index contributed by atoms with van der Waals surface area (Å²) in [7, 11) is 0. The number of hydrogen-bond acceptors (Lipinski definition) is 6. The van der Waals surface area contributed by atoms with Gasteiger partial charge in [0.15, 0.2) is 11.5 Å². The second kappa shape index (κ2) is 8.63. The first-order valence-electron chi connectivity index (χ1n) is 11.1. The van der Waals surface area contributed by atoms with Crippen LogP contribution in [-0.4, -0.2) is 58.1 Å². The summed E-state index contributed by atoms with van der Waals surface area (Å²) < 4.78 is 7.42. The molecule has 1 aromatic carbocycles. The van der Waals surface area contributed by atoms with Crippen molar-refractivity contribution >= 4 is 17.4 Å². The SMILES string of the molecule is Cc1ccccc1-c1nnc2ccc(N3CCC(C(=O)NC[C@H]4CCCO4)CC3)nn12. The molecule has 2 aliphatic heterocycles. The van der Waals surface area contributed by atoms with Gasteiger partial charge in [0.1, 0.15) is 5.82 Å². The summed E-state index contributed by atoms with van der Waals surface area (Å²) in [5.41, 5.74) is 2.89. The average molecular weight is 421 g/mol. The van der Waals surface area contributed by atoms with Crippen LogP contribution in [0.1, 0.15) is 31.2 Å². The van der Waals surface area contributed by atoms with Gasteiger partial charge in [-0.25, -0.2) is 0 Å². The van der Waals surface area contributed by atoms with Gasteiger partial charge in [0.05, 0.1) is 6.10 Å². The lowest BCUT2D eigenvalue weighted by Gasteiger charge is -2.32. The summed E-state index contributed by atoms with van der Waals surface area (Å²) >= 11 is 0. The minimum atomic E-state index is 0.0545. The van der Waals surface area contributed by atoms with Gasteiger partial charge in [-0.15, -0.1) is 15.3 Å². The Morgan fingerprint density at radius 3 is 2.74 bits per heavy atom. The van der Waals surface area contributed by atoms with Crippen LogP contribution in [0.3, 0.4) is 0 Å². The lowest BCUT2D eigenvalue weighted by molar-refractivity contribution is -0.126. The number of aromatic nitrogens is 4. The molecule has 1 atom stereocenters. The predicted octanol–water partition coefficient (Wildman–Crippen LogP) is 2.61. The van der Waals surface area contributed by atoms with E-state index in [0.717, 1.165) is 73.8 Å². The van der Waals surface area contributed by atoms with Crippen LogP contribution in [0.5, 0.6) is 0 Å². The topological polar surface area (TPSA) is 84.7 Å². The Morgan fingerprint density at radius 2 is 1.97 bits per heavy atom. The molecule has 5 rings (SSSR count). The number of carbonyl (C=O) groups is 1. The molecular weight excluding hydrogens is 392 g/mol. The molecule has 2 aromatic heterocycles. The van der Waals surface area contributed by atoms with Crippen LogP contribution in [0.15, 0.2) is 36.4 Å². The molecule has 2 saturated heterocycles. The summed E-state index contributed by atoms with van der Waals surface area (Å²) in [5.74, 6) is 1.84. The van der Waals surface area contributed by atoms with Crippen LogP contribution < -0.4 is 10.2 Å². The van der Waals surface area contributed by atoms with Crippen molar-refractivity contribution in [1.82, 2.24) is 25.1 Å². The Hall–Kier alpha value is -3.00. The Bertz CT molecular complexity index is 1070. The highest BCUT2D eigenvalue weighted by Crippen LogP contribution is 2.25. The highest BCUT2D eigenvalue weighted by atomic mass is 16.5. The molecule has 31 heavy (non-hydrogen) atoms. The molecule has 0 radical (unpaired) electrons. The lowest BCUT2D eigenvalue weighted by Crippen LogP contribution is -2.42. The molecule has 0 aliphatic carbocycles. The fourth-order valence-corrected chi connectivity index (χ4v) is 4.47. The number of fused-ring (bicyclic) bond motifs is 1. The fraction of sp³-hybridized carbons (Fsp3) is 0.478. The van der Waals surface area contributed by atoms with Crippen LogP contribution in [0.4, 0.5) is 5.82 Å². The van der Waals surface area contributed by atoms with Crippen LogP contribution >= 0.6 is 0 Å². The van der Waals surface area contributed by atoms with Crippen molar-refractivity contribution in [1.29, 1.82) is 0 Å². The highest BCUT2D eigenvalue weighted by molar-refractivity contribution is 5.79. The van der Waals surface area contributed by atoms with E-state index in [1.54, 1.807) is 0 Å². The number of anilines is 1. The van der Waals surface area contributed by atoms with Crippen molar-refractivity contribution in [3.63, 3.8) is 0 Å². The van der Waals surface area contributed by atoms with Crippen molar-refractivity contribution in [2.24, 2.45) is 5.92 Å². The number of ether oxygens (including phenoxy) is 1. The van der Waals surface area contributed by atoms with Crippen LogP contribution in [0.25, 0.3) is 17.0 Å². The largest absolute Gasteiger partial charge is 0.376 e. The first-order chi connectivity index (χ1) is 15.2. The second-order valence-electron chi connectivity index (χ2n) is 8.44. The minimum absolute atomic E-state index is 0.0545. The summed E-state index contributed by atoms with van der Waals surface area (Å²) in [4.78, 5) is 14.8. The number of piperidine rings is 1. The fourth-order valence-electron chi connectivity index (χ4n) is 4.47. The lowest BCUT2D eigenvalue weighted by atomic mass is 9.96. The Morgan fingerprint density at radius 1 is 1.13 bits per heavy atom.